The Morgan fingerprint density at radius 3 is 2.50 bits per heavy atom. The summed E-state index contributed by atoms with van der Waals surface area (Å²) in [6.07, 6.45) is 4.59. The number of hydrogen-bond acceptors (Lipinski definition) is 5. The lowest BCUT2D eigenvalue weighted by molar-refractivity contribution is -0.115. The lowest BCUT2D eigenvalue weighted by Crippen LogP contribution is -2.18. The van der Waals surface area contributed by atoms with Gasteiger partial charge < -0.3 is 15.5 Å². The Bertz CT molecular complexity index is 1230. The third-order valence-electron chi connectivity index (χ3n) is 5.78. The van der Waals surface area contributed by atoms with Crippen molar-refractivity contribution in [3.05, 3.63) is 84.6 Å². The van der Waals surface area contributed by atoms with Gasteiger partial charge in [-0.2, -0.15) is 5.10 Å². The molecule has 1 aliphatic rings. The Morgan fingerprint density at radius 2 is 1.66 bits per heavy atom. The maximum atomic E-state index is 12.6. The number of carbonyl (C=O) groups is 1. The average molecular weight is 424 g/mol. The summed E-state index contributed by atoms with van der Waals surface area (Å²) in [4.78, 5) is 14.9. The number of nitrogens with zero attached hydrogens (tertiary/aromatic N) is 3. The molecule has 1 aromatic heterocycles. The van der Waals surface area contributed by atoms with Crippen LogP contribution in [-0.4, -0.2) is 29.2 Å². The van der Waals surface area contributed by atoms with Crippen LogP contribution < -0.4 is 15.5 Å². The molecule has 3 aromatic carbocycles. The van der Waals surface area contributed by atoms with E-state index < -0.39 is 0 Å². The zero-order valence-corrected chi connectivity index (χ0v) is 17.8. The number of nitrogens with one attached hydrogen (secondary N) is 2. The zero-order chi connectivity index (χ0) is 21.8. The molecule has 1 fully saturated rings. The summed E-state index contributed by atoms with van der Waals surface area (Å²) in [6, 6.07) is 23.9. The number of carbonyl (C=O) groups excluding carboxylic acids is 1. The summed E-state index contributed by atoms with van der Waals surface area (Å²) in [7, 11) is 0. The summed E-state index contributed by atoms with van der Waals surface area (Å²) >= 11 is 0. The minimum absolute atomic E-state index is 0.0359. The Morgan fingerprint density at radius 1 is 0.906 bits per heavy atom. The molecular formula is C26H25N5O. The van der Waals surface area contributed by atoms with Gasteiger partial charge in [0.1, 0.15) is 0 Å². The maximum Gasteiger partial charge on any atom is 0.228 e. The quantitative estimate of drug-likeness (QED) is 0.449. The van der Waals surface area contributed by atoms with Gasteiger partial charge in [0.2, 0.25) is 5.91 Å². The minimum Gasteiger partial charge on any atom is -0.370 e. The second-order valence-corrected chi connectivity index (χ2v) is 8.06. The van der Waals surface area contributed by atoms with E-state index in [0.29, 0.717) is 12.2 Å². The van der Waals surface area contributed by atoms with Gasteiger partial charge >= 0.3 is 0 Å². The molecule has 0 saturated carbocycles. The van der Waals surface area contributed by atoms with Crippen molar-refractivity contribution in [1.29, 1.82) is 0 Å². The first-order valence-corrected chi connectivity index (χ1v) is 11.0. The number of rotatable bonds is 6. The lowest BCUT2D eigenvalue weighted by Gasteiger charge is -2.17. The van der Waals surface area contributed by atoms with Gasteiger partial charge in [-0.1, -0.05) is 42.5 Å². The first-order valence-electron chi connectivity index (χ1n) is 11.0. The highest BCUT2D eigenvalue weighted by Gasteiger charge is 2.13. The van der Waals surface area contributed by atoms with Crippen LogP contribution in [0.2, 0.25) is 0 Å². The van der Waals surface area contributed by atoms with Crippen LogP contribution in [-0.2, 0) is 11.2 Å². The summed E-state index contributed by atoms with van der Waals surface area (Å²) < 4.78 is 0. The van der Waals surface area contributed by atoms with Gasteiger partial charge in [0.25, 0.3) is 0 Å². The molecule has 1 amide bonds. The highest BCUT2D eigenvalue weighted by Crippen LogP contribution is 2.24. The normalized spacial score (nSPS) is 13.3. The molecule has 0 radical (unpaired) electrons. The van der Waals surface area contributed by atoms with E-state index in [1.54, 1.807) is 0 Å². The van der Waals surface area contributed by atoms with Crippen LogP contribution in [0.1, 0.15) is 18.4 Å². The molecule has 32 heavy (non-hydrogen) atoms. The number of anilines is 4. The van der Waals surface area contributed by atoms with Crippen LogP contribution in [0.3, 0.4) is 0 Å². The minimum atomic E-state index is -0.0359. The SMILES string of the molecule is O=C(Cc1cccc2ccccc12)Nc1ccc(Nc2cc(N3CCCC3)cnn2)cc1. The van der Waals surface area contributed by atoms with E-state index in [1.165, 1.54) is 12.8 Å². The highest BCUT2D eigenvalue weighted by molar-refractivity contribution is 5.96. The van der Waals surface area contributed by atoms with Crippen LogP contribution in [0.15, 0.2) is 79.0 Å². The standard InChI is InChI=1S/C26H25N5O/c32-26(16-20-8-5-7-19-6-1-2-9-24(19)20)29-22-12-10-21(11-13-22)28-25-17-23(18-27-30-25)31-14-3-4-15-31/h1-2,5-13,17-18H,3-4,14-16H2,(H,28,30)(H,29,32). The molecule has 0 atom stereocenters. The van der Waals surface area contributed by atoms with Gasteiger partial charge in [-0.3, -0.25) is 4.79 Å². The van der Waals surface area contributed by atoms with Crippen LogP contribution in [0, 0.1) is 0 Å². The largest absolute Gasteiger partial charge is 0.370 e. The molecule has 0 aliphatic carbocycles. The van der Waals surface area contributed by atoms with E-state index in [2.05, 4.69) is 43.9 Å². The Hall–Kier alpha value is -3.93. The lowest BCUT2D eigenvalue weighted by atomic mass is 10.0. The summed E-state index contributed by atoms with van der Waals surface area (Å²) in [5.41, 5.74) is 3.77. The van der Waals surface area contributed by atoms with E-state index in [1.807, 2.05) is 60.8 Å². The summed E-state index contributed by atoms with van der Waals surface area (Å²) in [6.45, 7) is 2.14. The van der Waals surface area contributed by atoms with E-state index in [4.69, 9.17) is 0 Å². The molecule has 4 aromatic rings. The van der Waals surface area contributed by atoms with Gasteiger partial charge in [-0.15, -0.1) is 5.10 Å². The van der Waals surface area contributed by atoms with Crippen LogP contribution >= 0.6 is 0 Å². The van der Waals surface area contributed by atoms with Crippen molar-refractivity contribution >= 4 is 39.6 Å². The van der Waals surface area contributed by atoms with Crippen molar-refractivity contribution < 1.29 is 4.79 Å². The molecule has 1 saturated heterocycles. The number of hydrogen-bond donors (Lipinski definition) is 2. The van der Waals surface area contributed by atoms with Crippen LogP contribution in [0.5, 0.6) is 0 Å². The first kappa shape index (κ1) is 20.0. The van der Waals surface area contributed by atoms with E-state index in [0.717, 1.165) is 46.5 Å². The van der Waals surface area contributed by atoms with Crippen LogP contribution in [0.25, 0.3) is 10.8 Å². The highest BCUT2D eigenvalue weighted by atomic mass is 16.1. The molecule has 0 unspecified atom stereocenters. The van der Waals surface area contributed by atoms with Gasteiger partial charge in [-0.05, 0) is 53.4 Å². The second-order valence-electron chi connectivity index (χ2n) is 8.06. The Balaban J connectivity index is 1.22. The first-order chi connectivity index (χ1) is 15.7. The summed E-state index contributed by atoms with van der Waals surface area (Å²) in [5.74, 6) is 0.674. The number of benzene rings is 3. The third-order valence-corrected chi connectivity index (χ3v) is 5.78. The predicted molar refractivity (Wildman–Crippen MR) is 129 cm³/mol. The molecule has 160 valence electrons. The molecule has 2 N–H and O–H groups in total. The van der Waals surface area contributed by atoms with E-state index in [-0.39, 0.29) is 5.91 Å². The number of aromatic nitrogens is 2. The average Bonchev–Trinajstić information content (AvgIpc) is 3.36. The molecule has 6 heteroatoms. The predicted octanol–water partition coefficient (Wildman–Crippen LogP) is 5.15. The molecule has 5 rings (SSSR count). The molecule has 0 spiro atoms. The summed E-state index contributed by atoms with van der Waals surface area (Å²) in [5, 5.41) is 16.9. The topological polar surface area (TPSA) is 70.2 Å². The fraction of sp³-hybridized carbons (Fsp3) is 0.192. The van der Waals surface area contributed by atoms with Gasteiger partial charge in [0.15, 0.2) is 5.82 Å². The molecule has 2 heterocycles. The van der Waals surface area contributed by atoms with E-state index in [9.17, 15) is 4.79 Å². The molecule has 6 nitrogen and oxygen atoms in total. The fourth-order valence-electron chi connectivity index (χ4n) is 4.18. The van der Waals surface area contributed by atoms with Crippen molar-refractivity contribution in [3.8, 4) is 0 Å². The third kappa shape index (κ3) is 4.54. The molecule has 1 aliphatic heterocycles. The number of fused-ring (bicyclic) bond motifs is 1. The van der Waals surface area contributed by atoms with Gasteiger partial charge in [0, 0.05) is 30.5 Å². The zero-order valence-electron chi connectivity index (χ0n) is 17.8. The Kier molecular flexibility index (Phi) is 5.66. The van der Waals surface area contributed by atoms with Crippen molar-refractivity contribution in [2.45, 2.75) is 19.3 Å². The van der Waals surface area contributed by atoms with Crippen molar-refractivity contribution in [1.82, 2.24) is 10.2 Å². The maximum absolute atomic E-state index is 12.6. The van der Waals surface area contributed by atoms with Gasteiger partial charge in [-0.25, -0.2) is 0 Å². The molecule has 0 bridgehead atoms. The monoisotopic (exact) mass is 423 g/mol. The number of amides is 1. The van der Waals surface area contributed by atoms with E-state index >= 15 is 0 Å². The smallest absolute Gasteiger partial charge is 0.228 e. The van der Waals surface area contributed by atoms with Crippen molar-refractivity contribution in [2.24, 2.45) is 0 Å². The second kappa shape index (κ2) is 9.06. The van der Waals surface area contributed by atoms with Crippen molar-refractivity contribution in [2.75, 3.05) is 28.6 Å². The van der Waals surface area contributed by atoms with Crippen LogP contribution in [0.4, 0.5) is 22.9 Å². The van der Waals surface area contributed by atoms with Gasteiger partial charge in [0.05, 0.1) is 18.3 Å². The molecular weight excluding hydrogens is 398 g/mol. The Labute approximate surface area is 187 Å². The fourth-order valence-corrected chi connectivity index (χ4v) is 4.18. The van der Waals surface area contributed by atoms with Crippen molar-refractivity contribution in [3.63, 3.8) is 0 Å².